The van der Waals surface area contributed by atoms with Gasteiger partial charge in [-0.05, 0) is 14.1 Å². The molecule has 0 fully saturated rings. The van der Waals surface area contributed by atoms with Crippen LogP contribution < -0.4 is 5.32 Å². The van der Waals surface area contributed by atoms with Gasteiger partial charge in [-0.3, -0.25) is 0 Å². The summed E-state index contributed by atoms with van der Waals surface area (Å²) < 4.78 is 0. The third-order valence-corrected chi connectivity index (χ3v) is 0. The molecule has 0 rings (SSSR count). The van der Waals surface area contributed by atoms with Crippen molar-refractivity contribution in [1.29, 1.82) is 0 Å². The SMILES string of the molecule is CNC.[CH3][Sn]([CH3])([CH3])[CH3]. The summed E-state index contributed by atoms with van der Waals surface area (Å²) >= 11 is -1.18. The van der Waals surface area contributed by atoms with Crippen molar-refractivity contribution in [3.8, 4) is 0 Å². The Morgan fingerprint density at radius 1 is 0.875 bits per heavy atom. The van der Waals surface area contributed by atoms with Crippen LogP contribution in [0.3, 0.4) is 0 Å². The van der Waals surface area contributed by atoms with Gasteiger partial charge in [0, 0.05) is 0 Å². The van der Waals surface area contributed by atoms with E-state index in [1.807, 2.05) is 14.1 Å². The molecule has 0 aliphatic heterocycles. The molecular weight excluding hydrogens is 205 g/mol. The van der Waals surface area contributed by atoms with E-state index in [4.69, 9.17) is 0 Å². The third-order valence-electron chi connectivity index (χ3n) is 0. The van der Waals surface area contributed by atoms with Crippen molar-refractivity contribution in [2.75, 3.05) is 14.1 Å². The van der Waals surface area contributed by atoms with Crippen molar-refractivity contribution in [1.82, 2.24) is 5.32 Å². The fourth-order valence-electron chi connectivity index (χ4n) is 0. The van der Waals surface area contributed by atoms with Crippen molar-refractivity contribution < 1.29 is 0 Å². The number of hydrogen-bond donors (Lipinski definition) is 1. The van der Waals surface area contributed by atoms with E-state index in [-0.39, 0.29) is 0 Å². The summed E-state index contributed by atoms with van der Waals surface area (Å²) in [6, 6.07) is 0. The summed E-state index contributed by atoms with van der Waals surface area (Å²) in [7, 11) is 3.75. The van der Waals surface area contributed by atoms with Crippen LogP contribution in [0.1, 0.15) is 0 Å². The van der Waals surface area contributed by atoms with E-state index >= 15 is 0 Å². The maximum atomic E-state index is 2.75. The topological polar surface area (TPSA) is 12.0 Å². The van der Waals surface area contributed by atoms with Crippen LogP contribution in [0.25, 0.3) is 0 Å². The monoisotopic (exact) mass is 225 g/mol. The van der Waals surface area contributed by atoms with Gasteiger partial charge in [-0.2, -0.15) is 0 Å². The standard InChI is InChI=1S/C2H7N.4CH3.Sn/c1-3-2;;;;;/h3H,1-2H3;4*1H3;. The fourth-order valence-corrected chi connectivity index (χ4v) is 0. The summed E-state index contributed by atoms with van der Waals surface area (Å²) in [4.78, 5) is 9.59. The molecule has 0 aromatic heterocycles. The zero-order valence-corrected chi connectivity index (χ0v) is 9.85. The summed E-state index contributed by atoms with van der Waals surface area (Å²) in [6.07, 6.45) is 0. The molecule has 8 heavy (non-hydrogen) atoms. The van der Waals surface area contributed by atoms with Gasteiger partial charge >= 0.3 is 38.1 Å². The third kappa shape index (κ3) is 389. The number of nitrogens with one attached hydrogen (secondary N) is 1. The molecule has 0 unspecified atom stereocenters. The first kappa shape index (κ1) is 11.5. The average Bonchev–Trinajstić information content (AvgIpc) is 1.27. The summed E-state index contributed by atoms with van der Waals surface area (Å²) in [5.41, 5.74) is 0. The van der Waals surface area contributed by atoms with Gasteiger partial charge in [0.05, 0.1) is 0 Å². The number of rotatable bonds is 0. The Morgan fingerprint density at radius 2 is 0.875 bits per heavy atom. The van der Waals surface area contributed by atoms with E-state index in [9.17, 15) is 0 Å². The molecule has 0 heterocycles. The molecule has 0 saturated carbocycles. The van der Waals surface area contributed by atoms with Gasteiger partial charge in [0.1, 0.15) is 0 Å². The van der Waals surface area contributed by atoms with Crippen molar-refractivity contribution >= 4 is 18.4 Å². The van der Waals surface area contributed by atoms with Crippen LogP contribution in [0.15, 0.2) is 0 Å². The molecule has 0 atom stereocenters. The van der Waals surface area contributed by atoms with Crippen LogP contribution in [-0.4, -0.2) is 32.5 Å². The van der Waals surface area contributed by atoms with Gasteiger partial charge in [-0.15, -0.1) is 0 Å². The van der Waals surface area contributed by atoms with Gasteiger partial charge in [0.2, 0.25) is 0 Å². The van der Waals surface area contributed by atoms with E-state index in [1.54, 1.807) is 0 Å². The normalized spacial score (nSPS) is 9.75. The molecule has 2 heteroatoms. The molecule has 0 saturated heterocycles. The predicted molar refractivity (Wildman–Crippen MR) is 44.2 cm³/mol. The zero-order valence-electron chi connectivity index (χ0n) is 7.00. The van der Waals surface area contributed by atoms with Crippen molar-refractivity contribution in [2.24, 2.45) is 0 Å². The van der Waals surface area contributed by atoms with Crippen LogP contribution >= 0.6 is 0 Å². The Morgan fingerprint density at radius 3 is 0.875 bits per heavy atom. The average molecular weight is 224 g/mol. The summed E-state index contributed by atoms with van der Waals surface area (Å²) in [6.45, 7) is 0. The Labute approximate surface area is 57.7 Å². The van der Waals surface area contributed by atoms with Crippen LogP contribution in [-0.2, 0) is 0 Å². The molecule has 0 amide bonds. The second-order valence-electron chi connectivity index (χ2n) is 3.50. The molecule has 1 N–H and O–H groups in total. The Bertz CT molecular complexity index is 32.3. The van der Waals surface area contributed by atoms with Gasteiger partial charge < -0.3 is 5.32 Å². The molecule has 0 aliphatic carbocycles. The Hall–Kier alpha value is 0.759. The van der Waals surface area contributed by atoms with E-state index in [0.29, 0.717) is 0 Å². The fraction of sp³-hybridized carbons (Fsp3) is 1.00. The van der Waals surface area contributed by atoms with Crippen LogP contribution in [0.5, 0.6) is 0 Å². The minimum atomic E-state index is -1.18. The molecule has 0 aliphatic rings. The quantitative estimate of drug-likeness (QED) is 0.618. The molecule has 0 aromatic rings. The van der Waals surface area contributed by atoms with E-state index < -0.39 is 18.4 Å². The zero-order chi connectivity index (χ0) is 7.21. The summed E-state index contributed by atoms with van der Waals surface area (Å²) in [5.74, 6) is 0. The van der Waals surface area contributed by atoms with Gasteiger partial charge in [-0.1, -0.05) is 0 Å². The second-order valence-corrected chi connectivity index (χ2v) is 20.6. The second kappa shape index (κ2) is 5.89. The Kier molecular flexibility index (Phi) is 8.49. The van der Waals surface area contributed by atoms with Gasteiger partial charge in [-0.25, -0.2) is 0 Å². The molecule has 0 radical (unpaired) electrons. The molecule has 0 spiro atoms. The van der Waals surface area contributed by atoms with Crippen LogP contribution in [0.4, 0.5) is 0 Å². The molecule has 0 bridgehead atoms. The van der Waals surface area contributed by atoms with E-state index in [2.05, 4.69) is 25.1 Å². The Balaban J connectivity index is 0. The van der Waals surface area contributed by atoms with Gasteiger partial charge in [0.15, 0.2) is 0 Å². The molecular formula is C6H19NSn. The first-order valence-corrected chi connectivity index (χ1v) is 14.4. The van der Waals surface area contributed by atoms with Crippen molar-refractivity contribution in [3.63, 3.8) is 0 Å². The summed E-state index contributed by atoms with van der Waals surface area (Å²) in [5, 5.41) is 2.75. The van der Waals surface area contributed by atoms with E-state index in [0.717, 1.165) is 0 Å². The molecule has 52 valence electrons. The predicted octanol–water partition coefficient (Wildman–Crippen LogP) is 1.79. The van der Waals surface area contributed by atoms with Crippen LogP contribution in [0.2, 0.25) is 19.8 Å². The van der Waals surface area contributed by atoms with Crippen molar-refractivity contribution in [2.45, 2.75) is 19.8 Å². The van der Waals surface area contributed by atoms with Crippen molar-refractivity contribution in [3.05, 3.63) is 0 Å². The molecule has 1 nitrogen and oxygen atoms in total. The van der Waals surface area contributed by atoms with Gasteiger partial charge in [0.25, 0.3) is 0 Å². The number of hydrogen-bond acceptors (Lipinski definition) is 1. The first-order chi connectivity index (χ1) is 3.41. The van der Waals surface area contributed by atoms with E-state index in [1.165, 1.54) is 0 Å². The first-order valence-electron chi connectivity index (χ1n) is 3.00. The molecule has 0 aromatic carbocycles. The minimum absolute atomic E-state index is 1.18. The maximum absolute atomic E-state index is 2.75. The van der Waals surface area contributed by atoms with Crippen LogP contribution in [0, 0.1) is 0 Å².